The van der Waals surface area contributed by atoms with E-state index in [4.69, 9.17) is 0 Å². The number of nitrogens with one attached hydrogen (secondary N) is 1. The molecule has 0 fully saturated rings. The van der Waals surface area contributed by atoms with Gasteiger partial charge in [-0.2, -0.15) is 13.2 Å². The van der Waals surface area contributed by atoms with E-state index in [0.29, 0.717) is 0 Å². The van der Waals surface area contributed by atoms with Gasteiger partial charge in [-0.1, -0.05) is 0 Å². The molecule has 0 bridgehead atoms. The lowest BCUT2D eigenvalue weighted by Crippen LogP contribution is -2.23. The lowest BCUT2D eigenvalue weighted by atomic mass is 10.3. The Morgan fingerprint density at radius 1 is 1.47 bits per heavy atom. The number of alkyl halides is 3. The van der Waals surface area contributed by atoms with Gasteiger partial charge in [-0.3, -0.25) is 15.4 Å². The van der Waals surface area contributed by atoms with E-state index in [1.165, 1.54) is 12.1 Å². The molecule has 0 aliphatic rings. The van der Waals surface area contributed by atoms with Crippen LogP contribution < -0.4 is 5.32 Å². The molecule has 0 atom stereocenters. The van der Waals surface area contributed by atoms with Gasteiger partial charge in [0.15, 0.2) is 6.61 Å². The van der Waals surface area contributed by atoms with Crippen molar-refractivity contribution in [2.24, 2.45) is 0 Å². The Hall–Kier alpha value is -1.84. The summed E-state index contributed by atoms with van der Waals surface area (Å²) in [6.07, 6.45) is -5.99. The van der Waals surface area contributed by atoms with Crippen LogP contribution in [0.5, 0.6) is 0 Å². The number of amides is 1. The normalized spacial score (nSPS) is 10.9. The molecule has 0 spiro atoms. The topological polar surface area (TPSA) is 81.5 Å². The summed E-state index contributed by atoms with van der Waals surface area (Å²) in [6.45, 7) is -1.74. The van der Waals surface area contributed by atoms with E-state index in [-0.39, 0.29) is 15.8 Å². The Kier molecular flexibility index (Phi) is 4.70. The Balaban J connectivity index is 2.70. The average Bonchev–Trinajstić information content (AvgIpc) is 2.28. The third kappa shape index (κ3) is 5.12. The Morgan fingerprint density at radius 2 is 2.11 bits per heavy atom. The molecule has 0 aromatic heterocycles. The molecule has 0 saturated carbocycles. The van der Waals surface area contributed by atoms with E-state index in [2.05, 4.69) is 20.7 Å². The number of ether oxygens (including phenoxy) is 1. The fourth-order valence-corrected chi connectivity index (χ4v) is 1.42. The minimum atomic E-state index is -4.64. The zero-order valence-electron chi connectivity index (χ0n) is 9.03. The maximum Gasteiger partial charge on any atom is 0.422 e. The van der Waals surface area contributed by atoms with E-state index in [0.717, 1.165) is 6.07 Å². The van der Waals surface area contributed by atoms with Crippen molar-refractivity contribution in [3.63, 3.8) is 0 Å². The fraction of sp³-hybridized carbons (Fsp3) is 0.222. The van der Waals surface area contributed by atoms with Crippen molar-refractivity contribution in [3.8, 4) is 0 Å². The van der Waals surface area contributed by atoms with Gasteiger partial charge in [0.2, 0.25) is 0 Å². The molecular formula is C9H6BrF3N2O4. The van der Waals surface area contributed by atoms with Crippen molar-refractivity contribution >= 4 is 33.4 Å². The summed E-state index contributed by atoms with van der Waals surface area (Å²) >= 11 is 2.92. The maximum atomic E-state index is 11.8. The molecule has 104 valence electrons. The third-order valence-corrected chi connectivity index (χ3v) is 2.43. The van der Waals surface area contributed by atoms with Crippen LogP contribution in [0.15, 0.2) is 22.7 Å². The standard InChI is InChI=1S/C9H6BrF3N2O4/c10-6-2-1-5(3-7(6)15(17)18)14-8(16)19-4-9(11,12)13/h1-3H,4H2,(H,14,16). The molecule has 0 saturated heterocycles. The number of benzene rings is 1. The van der Waals surface area contributed by atoms with Crippen molar-refractivity contribution in [3.05, 3.63) is 32.8 Å². The van der Waals surface area contributed by atoms with Crippen LogP contribution in [0.1, 0.15) is 0 Å². The molecule has 0 radical (unpaired) electrons. The second kappa shape index (κ2) is 5.87. The summed E-state index contributed by atoms with van der Waals surface area (Å²) in [4.78, 5) is 20.9. The van der Waals surface area contributed by atoms with Crippen LogP contribution in [0.3, 0.4) is 0 Å². The number of nitro benzene ring substituents is 1. The lowest BCUT2D eigenvalue weighted by Gasteiger charge is -2.09. The van der Waals surface area contributed by atoms with Crippen molar-refractivity contribution in [2.75, 3.05) is 11.9 Å². The zero-order chi connectivity index (χ0) is 14.6. The van der Waals surface area contributed by atoms with Gasteiger partial charge >= 0.3 is 12.3 Å². The van der Waals surface area contributed by atoms with Crippen molar-refractivity contribution in [2.45, 2.75) is 6.18 Å². The number of nitro groups is 1. The molecule has 6 nitrogen and oxygen atoms in total. The first-order valence-corrected chi connectivity index (χ1v) is 5.43. The summed E-state index contributed by atoms with van der Waals surface area (Å²) in [5.74, 6) is 0. The average molecular weight is 343 g/mol. The maximum absolute atomic E-state index is 11.8. The number of anilines is 1. The van der Waals surface area contributed by atoms with Crippen LogP contribution in [0.25, 0.3) is 0 Å². The molecule has 1 N–H and O–H groups in total. The highest BCUT2D eigenvalue weighted by Crippen LogP contribution is 2.27. The molecule has 0 aliphatic carbocycles. The first kappa shape index (κ1) is 15.2. The van der Waals surface area contributed by atoms with Gasteiger partial charge in [0.1, 0.15) is 0 Å². The quantitative estimate of drug-likeness (QED) is 0.673. The van der Waals surface area contributed by atoms with E-state index in [1.54, 1.807) is 0 Å². The van der Waals surface area contributed by atoms with Crippen molar-refractivity contribution in [1.82, 2.24) is 0 Å². The largest absolute Gasteiger partial charge is 0.440 e. The van der Waals surface area contributed by atoms with Gasteiger partial charge in [0, 0.05) is 6.07 Å². The second-order valence-electron chi connectivity index (χ2n) is 3.24. The summed E-state index contributed by atoms with van der Waals surface area (Å²) < 4.78 is 39.4. The molecule has 10 heteroatoms. The van der Waals surface area contributed by atoms with Crippen LogP contribution in [-0.2, 0) is 4.74 Å². The van der Waals surface area contributed by atoms with Gasteiger partial charge in [0.25, 0.3) is 5.69 Å². The van der Waals surface area contributed by atoms with E-state index in [1.807, 2.05) is 5.32 Å². The van der Waals surface area contributed by atoms with E-state index >= 15 is 0 Å². The highest BCUT2D eigenvalue weighted by atomic mass is 79.9. The zero-order valence-corrected chi connectivity index (χ0v) is 10.6. The molecule has 0 aliphatic heterocycles. The fourth-order valence-electron chi connectivity index (χ4n) is 1.03. The lowest BCUT2D eigenvalue weighted by molar-refractivity contribution is -0.385. The number of halogens is 4. The van der Waals surface area contributed by atoms with Crippen LogP contribution in [0, 0.1) is 10.1 Å². The van der Waals surface area contributed by atoms with Crippen LogP contribution in [-0.4, -0.2) is 23.8 Å². The molecule has 1 amide bonds. The second-order valence-corrected chi connectivity index (χ2v) is 4.09. The van der Waals surface area contributed by atoms with Gasteiger partial charge < -0.3 is 4.74 Å². The first-order chi connectivity index (χ1) is 8.69. The van der Waals surface area contributed by atoms with Crippen LogP contribution in [0.2, 0.25) is 0 Å². The van der Waals surface area contributed by atoms with Crippen molar-refractivity contribution in [1.29, 1.82) is 0 Å². The molecule has 0 unspecified atom stereocenters. The summed E-state index contributed by atoms with van der Waals surface area (Å²) in [5, 5.41) is 12.6. The minimum Gasteiger partial charge on any atom is -0.440 e. The minimum absolute atomic E-state index is 0.0536. The van der Waals surface area contributed by atoms with Gasteiger partial charge in [-0.05, 0) is 28.1 Å². The van der Waals surface area contributed by atoms with Crippen molar-refractivity contribution < 1.29 is 27.6 Å². The molecule has 1 aromatic carbocycles. The van der Waals surface area contributed by atoms with E-state index in [9.17, 15) is 28.1 Å². The summed E-state index contributed by atoms with van der Waals surface area (Å²) in [6, 6.07) is 3.53. The third-order valence-electron chi connectivity index (χ3n) is 1.76. The monoisotopic (exact) mass is 342 g/mol. The summed E-state index contributed by atoms with van der Waals surface area (Å²) in [5.41, 5.74) is -0.393. The molecule has 19 heavy (non-hydrogen) atoms. The highest BCUT2D eigenvalue weighted by Gasteiger charge is 2.29. The van der Waals surface area contributed by atoms with Gasteiger partial charge in [0.05, 0.1) is 15.1 Å². The Labute approximate surface area is 112 Å². The van der Waals surface area contributed by atoms with Gasteiger partial charge in [-0.15, -0.1) is 0 Å². The van der Waals surface area contributed by atoms with Crippen LogP contribution in [0.4, 0.5) is 29.3 Å². The molecule has 1 rings (SSSR count). The number of carbonyl (C=O) groups excluding carboxylic acids is 1. The highest BCUT2D eigenvalue weighted by molar-refractivity contribution is 9.10. The number of rotatable bonds is 3. The van der Waals surface area contributed by atoms with Crippen LogP contribution >= 0.6 is 15.9 Å². The van der Waals surface area contributed by atoms with Gasteiger partial charge in [-0.25, -0.2) is 4.79 Å². The summed E-state index contributed by atoms with van der Waals surface area (Å²) in [7, 11) is 0. The van der Waals surface area contributed by atoms with E-state index < -0.39 is 23.8 Å². The number of carbonyl (C=O) groups is 1. The molecule has 1 aromatic rings. The predicted molar refractivity (Wildman–Crippen MR) is 61.8 cm³/mol. The molecular weight excluding hydrogens is 337 g/mol. The predicted octanol–water partition coefficient (Wildman–Crippen LogP) is 3.47. The smallest absolute Gasteiger partial charge is 0.422 e. The number of hydrogen-bond acceptors (Lipinski definition) is 4. The number of hydrogen-bond donors (Lipinski definition) is 1. The Bertz CT molecular complexity index is 507. The SMILES string of the molecule is O=C(Nc1ccc(Br)c([N+](=O)[O-])c1)OCC(F)(F)F. The number of nitrogens with zero attached hydrogens (tertiary/aromatic N) is 1. The molecule has 0 heterocycles. The first-order valence-electron chi connectivity index (χ1n) is 4.63. The Morgan fingerprint density at radius 3 is 2.63 bits per heavy atom.